The second kappa shape index (κ2) is 4.91. The van der Waals surface area contributed by atoms with Gasteiger partial charge in [0.1, 0.15) is 0 Å². The molecule has 0 spiro atoms. The summed E-state index contributed by atoms with van der Waals surface area (Å²) >= 11 is 0. The van der Waals surface area contributed by atoms with Gasteiger partial charge in [-0.2, -0.15) is 0 Å². The molecule has 6 heteroatoms. The van der Waals surface area contributed by atoms with Crippen molar-refractivity contribution in [3.05, 3.63) is 36.2 Å². The van der Waals surface area contributed by atoms with Crippen LogP contribution in [-0.4, -0.2) is 27.9 Å². The van der Waals surface area contributed by atoms with Gasteiger partial charge >= 0.3 is 0 Å². The van der Waals surface area contributed by atoms with Crippen LogP contribution in [0.15, 0.2) is 29.3 Å². The molecule has 2 unspecified atom stereocenters. The minimum atomic E-state index is -0.0436. The lowest BCUT2D eigenvalue weighted by atomic mass is 9.97. The van der Waals surface area contributed by atoms with Crippen molar-refractivity contribution in [3.8, 4) is 0 Å². The topological polar surface area (TPSA) is 79.1 Å². The fourth-order valence-electron chi connectivity index (χ4n) is 2.31. The predicted octanol–water partition coefficient (Wildman–Crippen LogP) is 0.956. The highest BCUT2D eigenvalue weighted by atomic mass is 16.5. The normalized spacial score (nSPS) is 21.3. The molecule has 0 saturated carbocycles. The lowest BCUT2D eigenvalue weighted by Gasteiger charge is -2.18. The van der Waals surface area contributed by atoms with Gasteiger partial charge < -0.3 is 19.6 Å². The van der Waals surface area contributed by atoms with E-state index in [0.717, 1.165) is 31.1 Å². The van der Waals surface area contributed by atoms with Crippen LogP contribution < -0.4 is 5.73 Å². The van der Waals surface area contributed by atoms with Crippen molar-refractivity contribution in [2.24, 2.45) is 11.7 Å². The van der Waals surface area contributed by atoms with E-state index in [4.69, 9.17) is 15.0 Å². The lowest BCUT2D eigenvalue weighted by Crippen LogP contribution is -2.24. The van der Waals surface area contributed by atoms with E-state index in [1.54, 1.807) is 12.5 Å². The zero-order chi connectivity index (χ0) is 12.4. The third kappa shape index (κ3) is 2.16. The maximum atomic E-state index is 6.29. The molecule has 0 bridgehead atoms. The highest BCUT2D eigenvalue weighted by Gasteiger charge is 2.26. The molecule has 0 radical (unpaired) electrons. The molecule has 3 heterocycles. The smallest absolute Gasteiger partial charge is 0.156 e. The summed E-state index contributed by atoms with van der Waals surface area (Å²) < 4.78 is 12.5. The molecule has 0 aromatic carbocycles. The van der Waals surface area contributed by atoms with E-state index < -0.39 is 0 Å². The fraction of sp³-hybridized carbons (Fsp3) is 0.500. The second-order valence-electron chi connectivity index (χ2n) is 4.57. The Labute approximate surface area is 105 Å². The molecule has 1 aliphatic rings. The molecule has 2 N–H and O–H groups in total. The first-order chi connectivity index (χ1) is 8.84. The summed E-state index contributed by atoms with van der Waals surface area (Å²) in [6.07, 6.45) is 6.23. The average Bonchev–Trinajstić information content (AvgIpc) is 3.12. The van der Waals surface area contributed by atoms with E-state index in [0.29, 0.717) is 12.5 Å². The standard InChI is InChI=1S/C12H16N4O2/c13-12(9-2-4-17-7-9)11-5-14-8-16(11)6-10-1-3-15-18-10/h1,3,5,8-9,12H,2,4,6-7,13H2. The first-order valence-electron chi connectivity index (χ1n) is 6.07. The van der Waals surface area contributed by atoms with Gasteiger partial charge in [0.25, 0.3) is 0 Å². The van der Waals surface area contributed by atoms with Crippen molar-refractivity contribution in [3.63, 3.8) is 0 Å². The van der Waals surface area contributed by atoms with Gasteiger partial charge in [0, 0.05) is 24.8 Å². The number of nitrogens with two attached hydrogens (primary N) is 1. The number of nitrogens with zero attached hydrogens (tertiary/aromatic N) is 3. The Morgan fingerprint density at radius 1 is 1.56 bits per heavy atom. The molecule has 18 heavy (non-hydrogen) atoms. The summed E-state index contributed by atoms with van der Waals surface area (Å²) in [5.74, 6) is 1.17. The SMILES string of the molecule is NC(c1cncn1Cc1ccno1)C1CCOC1. The Kier molecular flexibility index (Phi) is 3.12. The first-order valence-corrected chi connectivity index (χ1v) is 6.07. The molecule has 2 aromatic heterocycles. The number of hydrogen-bond donors (Lipinski definition) is 1. The van der Waals surface area contributed by atoms with Crippen LogP contribution in [0, 0.1) is 5.92 Å². The summed E-state index contributed by atoms with van der Waals surface area (Å²) in [4.78, 5) is 4.18. The van der Waals surface area contributed by atoms with Crippen LogP contribution in [0.4, 0.5) is 0 Å². The quantitative estimate of drug-likeness (QED) is 0.871. The Balaban J connectivity index is 1.78. The summed E-state index contributed by atoms with van der Waals surface area (Å²) in [6, 6.07) is 1.80. The minimum absolute atomic E-state index is 0.0436. The summed E-state index contributed by atoms with van der Waals surface area (Å²) in [6.45, 7) is 2.14. The lowest BCUT2D eigenvalue weighted by molar-refractivity contribution is 0.180. The molecule has 96 valence electrons. The molecular weight excluding hydrogens is 232 g/mol. The molecule has 3 rings (SSSR count). The molecular formula is C12H16N4O2. The predicted molar refractivity (Wildman–Crippen MR) is 63.7 cm³/mol. The molecule has 1 saturated heterocycles. The zero-order valence-corrected chi connectivity index (χ0v) is 10.0. The second-order valence-corrected chi connectivity index (χ2v) is 4.57. The van der Waals surface area contributed by atoms with Crippen LogP contribution >= 0.6 is 0 Å². The highest BCUT2D eigenvalue weighted by molar-refractivity contribution is 5.09. The number of rotatable bonds is 4. The molecule has 0 aliphatic carbocycles. The van der Waals surface area contributed by atoms with Crippen molar-refractivity contribution < 1.29 is 9.26 Å². The number of imidazole rings is 1. The van der Waals surface area contributed by atoms with E-state index in [9.17, 15) is 0 Å². The maximum Gasteiger partial charge on any atom is 0.156 e. The van der Waals surface area contributed by atoms with Crippen molar-refractivity contribution >= 4 is 0 Å². The van der Waals surface area contributed by atoms with Gasteiger partial charge in [-0.15, -0.1) is 0 Å². The molecule has 2 atom stereocenters. The van der Waals surface area contributed by atoms with E-state index in [-0.39, 0.29) is 6.04 Å². The van der Waals surface area contributed by atoms with E-state index in [2.05, 4.69) is 10.1 Å². The van der Waals surface area contributed by atoms with Gasteiger partial charge in [-0.25, -0.2) is 4.98 Å². The van der Waals surface area contributed by atoms with Crippen LogP contribution in [-0.2, 0) is 11.3 Å². The Hall–Kier alpha value is -1.66. The Morgan fingerprint density at radius 3 is 3.22 bits per heavy atom. The molecule has 6 nitrogen and oxygen atoms in total. The van der Waals surface area contributed by atoms with Crippen molar-refractivity contribution in [2.75, 3.05) is 13.2 Å². The van der Waals surface area contributed by atoms with Gasteiger partial charge in [0.15, 0.2) is 5.76 Å². The summed E-state index contributed by atoms with van der Waals surface area (Å²) in [7, 11) is 0. The molecule has 1 aliphatic heterocycles. The van der Waals surface area contributed by atoms with Gasteiger partial charge in [0.2, 0.25) is 0 Å². The van der Waals surface area contributed by atoms with Gasteiger partial charge in [-0.05, 0) is 6.42 Å². The molecule has 2 aromatic rings. The Morgan fingerprint density at radius 2 is 2.50 bits per heavy atom. The average molecular weight is 248 g/mol. The fourth-order valence-corrected chi connectivity index (χ4v) is 2.31. The summed E-state index contributed by atoms with van der Waals surface area (Å²) in [5.41, 5.74) is 7.30. The van der Waals surface area contributed by atoms with Crippen molar-refractivity contribution in [1.29, 1.82) is 0 Å². The maximum absolute atomic E-state index is 6.29. The van der Waals surface area contributed by atoms with E-state index >= 15 is 0 Å². The van der Waals surface area contributed by atoms with Gasteiger partial charge in [0.05, 0.1) is 37.4 Å². The highest BCUT2D eigenvalue weighted by Crippen LogP contribution is 2.26. The zero-order valence-electron chi connectivity index (χ0n) is 10.0. The first kappa shape index (κ1) is 11.4. The minimum Gasteiger partial charge on any atom is -0.381 e. The number of ether oxygens (including phenoxy) is 1. The number of hydrogen-bond acceptors (Lipinski definition) is 5. The molecule has 0 amide bonds. The van der Waals surface area contributed by atoms with E-state index in [1.807, 2.05) is 16.8 Å². The van der Waals surface area contributed by atoms with Crippen LogP contribution in [0.25, 0.3) is 0 Å². The van der Waals surface area contributed by atoms with Crippen LogP contribution in [0.5, 0.6) is 0 Å². The monoisotopic (exact) mass is 248 g/mol. The van der Waals surface area contributed by atoms with E-state index in [1.165, 1.54) is 0 Å². The largest absolute Gasteiger partial charge is 0.381 e. The van der Waals surface area contributed by atoms with Crippen molar-refractivity contribution in [1.82, 2.24) is 14.7 Å². The van der Waals surface area contributed by atoms with Crippen molar-refractivity contribution in [2.45, 2.75) is 19.0 Å². The summed E-state index contributed by atoms with van der Waals surface area (Å²) in [5, 5.41) is 3.69. The number of aromatic nitrogens is 3. The Bertz CT molecular complexity index is 488. The van der Waals surface area contributed by atoms with Gasteiger partial charge in [-0.3, -0.25) is 0 Å². The van der Waals surface area contributed by atoms with Crippen LogP contribution in [0.1, 0.15) is 23.9 Å². The third-order valence-electron chi connectivity index (χ3n) is 3.38. The van der Waals surface area contributed by atoms with Crippen LogP contribution in [0.3, 0.4) is 0 Å². The van der Waals surface area contributed by atoms with Gasteiger partial charge in [-0.1, -0.05) is 5.16 Å². The third-order valence-corrected chi connectivity index (χ3v) is 3.38. The molecule has 1 fully saturated rings. The van der Waals surface area contributed by atoms with Crippen LogP contribution in [0.2, 0.25) is 0 Å².